The number of benzene rings is 6. The Morgan fingerprint density at radius 3 is 1.98 bits per heavy atom. The van der Waals surface area contributed by atoms with Gasteiger partial charge in [0, 0.05) is 63.5 Å². The normalized spacial score (nSPS) is 15.9. The van der Waals surface area contributed by atoms with Gasteiger partial charge in [0.1, 0.15) is 0 Å². The summed E-state index contributed by atoms with van der Waals surface area (Å²) in [5.41, 5.74) is 16.5. The molecule has 5 heteroatoms. The fraction of sp³-hybridized carbons (Fsp3) is 0.296. The molecule has 0 spiro atoms. The van der Waals surface area contributed by atoms with Gasteiger partial charge in [-0.3, -0.25) is 0 Å². The molecule has 1 aliphatic heterocycles. The first-order chi connectivity index (χ1) is 28.0. The van der Waals surface area contributed by atoms with Gasteiger partial charge >= 0.3 is 0 Å². The molecule has 4 heterocycles. The molecule has 0 amide bonds. The topological polar surface area (TPSA) is 17.0 Å². The van der Waals surface area contributed by atoms with Crippen LogP contribution in [0.4, 0.5) is 11.4 Å². The Hall–Kier alpha value is -4.84. The van der Waals surface area contributed by atoms with Gasteiger partial charge < -0.3 is 9.88 Å². The van der Waals surface area contributed by atoms with Gasteiger partial charge in [0.25, 0.3) is 0 Å². The largest absolute Gasteiger partial charge is 0.355 e. The second-order valence-corrected chi connectivity index (χ2v) is 23.2. The lowest BCUT2D eigenvalue weighted by atomic mass is 9.61. The highest BCUT2D eigenvalue weighted by Gasteiger charge is 2.39. The van der Waals surface area contributed by atoms with Gasteiger partial charge in [-0.05, 0) is 127 Å². The molecule has 11 rings (SSSR count). The van der Waals surface area contributed by atoms with Crippen LogP contribution in [0, 0.1) is 0 Å². The maximum Gasteiger partial charge on any atom is 0.211 e. The highest BCUT2D eigenvalue weighted by Crippen LogP contribution is 2.50. The highest BCUT2D eigenvalue weighted by atomic mass is 32.1. The molecule has 59 heavy (non-hydrogen) atoms. The smallest absolute Gasteiger partial charge is 0.211 e. The standard InChI is InChI=1S/C54H53BN2S2/c1-51(2,3)30-15-18-32(19-16-30)56-42-29-41-40(53(7,8)23-24-54(41,9)10)26-36(42)34-20-21-35-37-28-46-38(33-13-11-12-14-44(33)58-46)27-43(37)57-48(35)47(34)55-50-49(57)39-25-31(52(4,5)6)17-22-45(39)59-50/h11-22,25-29,55-56H,23-24H2,1-10H3. The first-order valence-electron chi connectivity index (χ1n) is 21.5. The van der Waals surface area contributed by atoms with E-state index in [1.54, 1.807) is 0 Å². The molecule has 294 valence electrons. The van der Waals surface area contributed by atoms with Gasteiger partial charge in [-0.15, -0.1) is 22.7 Å². The zero-order valence-corrected chi connectivity index (χ0v) is 37.8. The van der Waals surface area contributed by atoms with Gasteiger partial charge in [-0.1, -0.05) is 118 Å². The minimum Gasteiger partial charge on any atom is -0.355 e. The Balaban J connectivity index is 1.22. The maximum absolute atomic E-state index is 4.02. The minimum atomic E-state index is 0.0594. The number of nitrogens with zero attached hydrogens (tertiary/aromatic N) is 1. The summed E-state index contributed by atoms with van der Waals surface area (Å²) >= 11 is 3.91. The maximum atomic E-state index is 4.02. The van der Waals surface area contributed by atoms with Crippen LogP contribution in [0.25, 0.3) is 68.9 Å². The molecular formula is C54H53BN2S2. The van der Waals surface area contributed by atoms with Crippen molar-refractivity contribution in [3.63, 3.8) is 0 Å². The van der Waals surface area contributed by atoms with Crippen LogP contribution in [-0.2, 0) is 21.7 Å². The number of anilines is 2. The molecule has 2 nitrogen and oxygen atoms in total. The summed E-state index contributed by atoms with van der Waals surface area (Å²) in [5.74, 6) is 0. The Morgan fingerprint density at radius 2 is 1.25 bits per heavy atom. The van der Waals surface area contributed by atoms with Crippen molar-refractivity contribution in [1.82, 2.24) is 4.57 Å². The lowest BCUT2D eigenvalue weighted by Crippen LogP contribution is -2.36. The minimum absolute atomic E-state index is 0.0594. The molecule has 0 unspecified atom stereocenters. The van der Waals surface area contributed by atoms with Crippen LogP contribution in [0.3, 0.4) is 0 Å². The Labute approximate surface area is 357 Å². The van der Waals surface area contributed by atoms with Gasteiger partial charge in [0.15, 0.2) is 0 Å². The lowest BCUT2D eigenvalue weighted by molar-refractivity contribution is 0.332. The second kappa shape index (κ2) is 12.4. The first-order valence-corrected chi connectivity index (χ1v) is 23.1. The van der Waals surface area contributed by atoms with Crippen LogP contribution in [0.5, 0.6) is 0 Å². The van der Waals surface area contributed by atoms with E-state index in [1.807, 2.05) is 22.7 Å². The summed E-state index contributed by atoms with van der Waals surface area (Å²) in [6.45, 7) is 23.7. The first kappa shape index (κ1) is 37.2. The average Bonchev–Trinajstić information content (AvgIpc) is 3.84. The molecule has 2 aliphatic rings. The summed E-state index contributed by atoms with van der Waals surface area (Å²) < 4.78 is 8.21. The van der Waals surface area contributed by atoms with Crippen molar-refractivity contribution in [2.45, 2.75) is 104 Å². The van der Waals surface area contributed by atoms with Crippen LogP contribution in [0.2, 0.25) is 0 Å². The summed E-state index contributed by atoms with van der Waals surface area (Å²) in [6.07, 6.45) is 2.36. The number of rotatable bonds is 3. The van der Waals surface area contributed by atoms with E-state index in [1.165, 1.54) is 120 Å². The summed E-state index contributed by atoms with van der Waals surface area (Å²) in [5, 5.41) is 10.8. The molecule has 0 radical (unpaired) electrons. The molecule has 6 aromatic carbocycles. The molecule has 0 saturated carbocycles. The predicted octanol–water partition coefficient (Wildman–Crippen LogP) is 14.4. The summed E-state index contributed by atoms with van der Waals surface area (Å²) in [7, 11) is 0.908. The fourth-order valence-electron chi connectivity index (χ4n) is 10.3. The summed E-state index contributed by atoms with van der Waals surface area (Å²) in [4.78, 5) is 0. The highest BCUT2D eigenvalue weighted by molar-refractivity contribution is 7.29. The van der Waals surface area contributed by atoms with Gasteiger partial charge in [-0.25, -0.2) is 0 Å². The third-order valence-electron chi connectivity index (χ3n) is 14.0. The molecular weight excluding hydrogens is 752 g/mol. The van der Waals surface area contributed by atoms with E-state index in [4.69, 9.17) is 0 Å². The molecule has 3 aromatic heterocycles. The molecule has 0 atom stereocenters. The molecule has 0 fully saturated rings. The monoisotopic (exact) mass is 804 g/mol. The Bertz CT molecular complexity index is 3230. The van der Waals surface area contributed by atoms with Crippen molar-refractivity contribution < 1.29 is 0 Å². The molecule has 0 saturated heterocycles. The van der Waals surface area contributed by atoms with Gasteiger partial charge in [0.2, 0.25) is 7.28 Å². The SMILES string of the molecule is CC(C)(C)c1ccc(Nc2cc3c(cc2-c2ccc4c5cc6sc7ccccc7c6cc5n5c4c2Bc2sc4ccc(C(C)(C)C)cc4c2-5)C(C)(C)CCC3(C)C)cc1. The van der Waals surface area contributed by atoms with Crippen molar-refractivity contribution in [2.24, 2.45) is 0 Å². The fourth-order valence-corrected chi connectivity index (χ4v) is 12.6. The number of fused-ring (bicyclic) bond motifs is 11. The van der Waals surface area contributed by atoms with Crippen LogP contribution < -0.4 is 15.6 Å². The van der Waals surface area contributed by atoms with E-state index in [0.29, 0.717) is 0 Å². The molecule has 1 aliphatic carbocycles. The number of thiophene rings is 2. The lowest BCUT2D eigenvalue weighted by Gasteiger charge is -2.42. The van der Waals surface area contributed by atoms with Crippen molar-refractivity contribution >= 4 is 104 Å². The number of nitrogens with one attached hydrogen (secondary N) is 1. The molecule has 9 aromatic rings. The number of aromatic nitrogens is 1. The quantitative estimate of drug-likeness (QED) is 0.176. The van der Waals surface area contributed by atoms with Crippen molar-refractivity contribution in [3.05, 3.63) is 125 Å². The van der Waals surface area contributed by atoms with Crippen LogP contribution in [-0.4, -0.2) is 11.8 Å². The number of hydrogen-bond acceptors (Lipinski definition) is 3. The van der Waals surface area contributed by atoms with E-state index in [9.17, 15) is 0 Å². The van der Waals surface area contributed by atoms with Crippen molar-refractivity contribution in [3.8, 4) is 16.8 Å². The molecule has 0 bridgehead atoms. The molecule has 1 N–H and O–H groups in total. The number of hydrogen-bond donors (Lipinski definition) is 1. The zero-order chi connectivity index (χ0) is 41.0. The van der Waals surface area contributed by atoms with Gasteiger partial charge in [-0.2, -0.15) is 0 Å². The second-order valence-electron chi connectivity index (χ2n) is 21.0. The summed E-state index contributed by atoms with van der Waals surface area (Å²) in [6, 6.07) is 40.3. The van der Waals surface area contributed by atoms with Gasteiger partial charge in [0.05, 0.1) is 11.2 Å². The van der Waals surface area contributed by atoms with E-state index in [0.717, 1.165) is 13.0 Å². The third kappa shape index (κ3) is 5.63. The van der Waals surface area contributed by atoms with E-state index in [2.05, 4.69) is 182 Å². The van der Waals surface area contributed by atoms with Crippen LogP contribution >= 0.6 is 22.7 Å². The van der Waals surface area contributed by atoms with Crippen LogP contribution in [0.15, 0.2) is 103 Å². The third-order valence-corrected chi connectivity index (χ3v) is 16.3. The Morgan fingerprint density at radius 1 is 0.576 bits per heavy atom. The predicted molar refractivity (Wildman–Crippen MR) is 263 cm³/mol. The van der Waals surface area contributed by atoms with E-state index >= 15 is 0 Å². The van der Waals surface area contributed by atoms with E-state index < -0.39 is 0 Å². The van der Waals surface area contributed by atoms with E-state index in [-0.39, 0.29) is 21.7 Å². The Kier molecular flexibility index (Phi) is 7.79. The van der Waals surface area contributed by atoms with Crippen LogP contribution in [0.1, 0.15) is 104 Å². The average molecular weight is 805 g/mol. The van der Waals surface area contributed by atoms with Crippen molar-refractivity contribution in [2.75, 3.05) is 5.32 Å². The van der Waals surface area contributed by atoms with Crippen molar-refractivity contribution in [1.29, 1.82) is 0 Å². The zero-order valence-electron chi connectivity index (χ0n) is 36.2.